The third-order valence-corrected chi connectivity index (χ3v) is 6.08. The van der Waals surface area contributed by atoms with Gasteiger partial charge in [0.05, 0.1) is 19.8 Å². The Bertz CT molecular complexity index is 923. The lowest BCUT2D eigenvalue weighted by Gasteiger charge is -2.34. The molecular weight excluding hydrogens is 428 g/mol. The highest BCUT2D eigenvalue weighted by atomic mass is 35.5. The van der Waals surface area contributed by atoms with Gasteiger partial charge >= 0.3 is 0 Å². The summed E-state index contributed by atoms with van der Waals surface area (Å²) in [6.45, 7) is 7.21. The molecule has 4 rings (SSSR count). The van der Waals surface area contributed by atoms with Gasteiger partial charge in [0, 0.05) is 62.1 Å². The quantitative estimate of drug-likeness (QED) is 0.723. The van der Waals surface area contributed by atoms with Gasteiger partial charge in [0.1, 0.15) is 0 Å². The Balaban J connectivity index is 1.20. The van der Waals surface area contributed by atoms with Crippen LogP contribution in [0, 0.1) is 0 Å². The van der Waals surface area contributed by atoms with Gasteiger partial charge in [0.25, 0.3) is 5.91 Å². The summed E-state index contributed by atoms with van der Waals surface area (Å²) in [7, 11) is 0. The van der Waals surface area contributed by atoms with E-state index in [0.29, 0.717) is 43.3 Å². The number of morpholine rings is 1. The first kappa shape index (κ1) is 22.7. The van der Waals surface area contributed by atoms with Crippen molar-refractivity contribution in [2.75, 3.05) is 64.3 Å². The Morgan fingerprint density at radius 1 is 0.906 bits per heavy atom. The van der Waals surface area contributed by atoms with Crippen molar-refractivity contribution in [1.29, 1.82) is 0 Å². The molecule has 2 aromatic rings. The van der Waals surface area contributed by atoms with Crippen LogP contribution in [0.5, 0.6) is 0 Å². The van der Waals surface area contributed by atoms with Gasteiger partial charge in [-0.3, -0.25) is 19.4 Å². The van der Waals surface area contributed by atoms with Crippen LogP contribution in [0.4, 0.5) is 5.69 Å². The number of nitrogens with zero attached hydrogens (tertiary/aromatic N) is 3. The first-order chi connectivity index (χ1) is 15.6. The molecule has 0 bridgehead atoms. The van der Waals surface area contributed by atoms with Crippen LogP contribution >= 0.6 is 11.6 Å². The van der Waals surface area contributed by atoms with Crippen molar-refractivity contribution < 1.29 is 14.3 Å². The third-order valence-electron chi connectivity index (χ3n) is 5.85. The number of carbonyl (C=O) groups excluding carboxylic acids is 2. The topological polar surface area (TPSA) is 65.1 Å². The highest BCUT2D eigenvalue weighted by Crippen LogP contribution is 2.15. The van der Waals surface area contributed by atoms with Gasteiger partial charge in [-0.25, -0.2) is 0 Å². The summed E-state index contributed by atoms with van der Waals surface area (Å²) < 4.78 is 5.39. The summed E-state index contributed by atoms with van der Waals surface area (Å²) in [4.78, 5) is 31.4. The van der Waals surface area contributed by atoms with E-state index >= 15 is 0 Å². The van der Waals surface area contributed by atoms with Gasteiger partial charge in [0.2, 0.25) is 5.91 Å². The zero-order chi connectivity index (χ0) is 22.3. The van der Waals surface area contributed by atoms with Gasteiger partial charge in [-0.05, 0) is 35.9 Å². The van der Waals surface area contributed by atoms with Gasteiger partial charge in [-0.15, -0.1) is 0 Å². The van der Waals surface area contributed by atoms with Gasteiger partial charge in [-0.1, -0.05) is 29.8 Å². The van der Waals surface area contributed by atoms with Crippen molar-refractivity contribution in [3.05, 3.63) is 64.7 Å². The largest absolute Gasteiger partial charge is 0.379 e. The SMILES string of the molecule is O=C(CN1CCN(C(=O)c2cccc(Cl)c2)CC1)Nc1ccc(CN2CCOCC2)cc1. The van der Waals surface area contributed by atoms with E-state index in [-0.39, 0.29) is 11.8 Å². The average Bonchev–Trinajstić information content (AvgIpc) is 2.81. The number of halogens is 1. The summed E-state index contributed by atoms with van der Waals surface area (Å²) in [5.41, 5.74) is 2.63. The second kappa shape index (κ2) is 10.9. The van der Waals surface area contributed by atoms with Crippen molar-refractivity contribution in [1.82, 2.24) is 14.7 Å². The molecule has 2 aliphatic heterocycles. The monoisotopic (exact) mass is 456 g/mol. The van der Waals surface area contributed by atoms with Crippen LogP contribution in [0.3, 0.4) is 0 Å². The molecule has 2 aliphatic rings. The Morgan fingerprint density at radius 3 is 2.31 bits per heavy atom. The zero-order valence-corrected chi connectivity index (χ0v) is 18.9. The van der Waals surface area contributed by atoms with Gasteiger partial charge in [0.15, 0.2) is 0 Å². The first-order valence-electron chi connectivity index (χ1n) is 11.0. The molecule has 1 N–H and O–H groups in total. The molecule has 0 saturated carbocycles. The van der Waals surface area contributed by atoms with Crippen LogP contribution in [0.15, 0.2) is 48.5 Å². The van der Waals surface area contributed by atoms with Crippen molar-refractivity contribution in [3.63, 3.8) is 0 Å². The van der Waals surface area contributed by atoms with Crippen LogP contribution < -0.4 is 5.32 Å². The number of rotatable bonds is 6. The lowest BCUT2D eigenvalue weighted by molar-refractivity contribution is -0.117. The smallest absolute Gasteiger partial charge is 0.253 e. The number of benzene rings is 2. The maximum absolute atomic E-state index is 12.6. The molecule has 0 aliphatic carbocycles. The predicted molar refractivity (Wildman–Crippen MR) is 125 cm³/mol. The minimum absolute atomic E-state index is 0.0197. The molecule has 7 nitrogen and oxygen atoms in total. The van der Waals surface area contributed by atoms with Gasteiger partial charge < -0.3 is 15.0 Å². The third kappa shape index (κ3) is 6.29. The second-order valence-corrected chi connectivity index (χ2v) is 8.65. The molecule has 2 aromatic carbocycles. The fourth-order valence-electron chi connectivity index (χ4n) is 4.03. The van der Waals surface area contributed by atoms with Crippen LogP contribution in [0.2, 0.25) is 5.02 Å². The molecule has 0 atom stereocenters. The summed E-state index contributed by atoms with van der Waals surface area (Å²) >= 11 is 6.00. The number of ether oxygens (including phenoxy) is 1. The maximum Gasteiger partial charge on any atom is 0.253 e. The molecular formula is C24H29ClN4O3. The van der Waals surface area contributed by atoms with E-state index < -0.39 is 0 Å². The van der Waals surface area contributed by atoms with Crippen LogP contribution in [0.1, 0.15) is 15.9 Å². The summed E-state index contributed by atoms with van der Waals surface area (Å²) in [5.74, 6) is -0.0608. The zero-order valence-electron chi connectivity index (χ0n) is 18.1. The van der Waals surface area contributed by atoms with E-state index in [9.17, 15) is 9.59 Å². The molecule has 2 amide bonds. The fourth-order valence-corrected chi connectivity index (χ4v) is 4.22. The molecule has 0 unspecified atom stereocenters. The predicted octanol–water partition coefficient (Wildman–Crippen LogP) is 2.57. The molecule has 2 heterocycles. The van der Waals surface area contributed by atoms with E-state index in [2.05, 4.69) is 27.2 Å². The number of piperazine rings is 1. The number of amides is 2. The lowest BCUT2D eigenvalue weighted by Crippen LogP contribution is -2.50. The van der Waals surface area contributed by atoms with Crippen molar-refractivity contribution >= 4 is 29.1 Å². The number of hydrogen-bond acceptors (Lipinski definition) is 5. The lowest BCUT2D eigenvalue weighted by atomic mass is 10.1. The number of nitrogens with one attached hydrogen (secondary N) is 1. The molecule has 8 heteroatoms. The highest BCUT2D eigenvalue weighted by Gasteiger charge is 2.23. The van der Waals surface area contributed by atoms with Crippen molar-refractivity contribution in [2.45, 2.75) is 6.54 Å². The number of hydrogen-bond donors (Lipinski definition) is 1. The normalized spacial score (nSPS) is 17.8. The minimum Gasteiger partial charge on any atom is -0.379 e. The van der Waals surface area contributed by atoms with Crippen molar-refractivity contribution in [3.8, 4) is 0 Å². The number of anilines is 1. The van der Waals surface area contributed by atoms with Gasteiger partial charge in [-0.2, -0.15) is 0 Å². The van der Waals surface area contributed by atoms with E-state index in [1.807, 2.05) is 17.0 Å². The average molecular weight is 457 g/mol. The fraction of sp³-hybridized carbons (Fsp3) is 0.417. The summed E-state index contributed by atoms with van der Waals surface area (Å²) in [6, 6.07) is 15.0. The van der Waals surface area contributed by atoms with Crippen LogP contribution in [-0.2, 0) is 16.1 Å². The first-order valence-corrected chi connectivity index (χ1v) is 11.4. The summed E-state index contributed by atoms with van der Waals surface area (Å²) in [6.07, 6.45) is 0. The molecule has 2 saturated heterocycles. The van der Waals surface area contributed by atoms with Crippen LogP contribution in [-0.4, -0.2) is 85.5 Å². The molecule has 0 spiro atoms. The Labute approximate surface area is 193 Å². The molecule has 0 aromatic heterocycles. The Hall–Kier alpha value is -2.45. The van der Waals surface area contributed by atoms with E-state index in [4.69, 9.17) is 16.3 Å². The molecule has 170 valence electrons. The molecule has 2 fully saturated rings. The standard InChI is InChI=1S/C24H29ClN4O3/c25-21-3-1-2-20(16-21)24(31)29-10-8-27(9-11-29)18-23(30)26-22-6-4-19(5-7-22)17-28-12-14-32-15-13-28/h1-7,16H,8-15,17-18H2,(H,26,30). The van der Waals surface area contributed by atoms with E-state index in [0.717, 1.165) is 38.5 Å². The van der Waals surface area contributed by atoms with Crippen molar-refractivity contribution in [2.24, 2.45) is 0 Å². The minimum atomic E-state index is -0.0412. The molecule has 0 radical (unpaired) electrons. The van der Waals surface area contributed by atoms with E-state index in [1.165, 1.54) is 5.56 Å². The Kier molecular flexibility index (Phi) is 7.76. The van der Waals surface area contributed by atoms with E-state index in [1.54, 1.807) is 24.3 Å². The highest BCUT2D eigenvalue weighted by molar-refractivity contribution is 6.30. The molecule has 32 heavy (non-hydrogen) atoms. The number of carbonyl (C=O) groups is 2. The van der Waals surface area contributed by atoms with Crippen LogP contribution in [0.25, 0.3) is 0 Å². The summed E-state index contributed by atoms with van der Waals surface area (Å²) in [5, 5.41) is 3.53. The second-order valence-electron chi connectivity index (χ2n) is 8.21. The maximum atomic E-state index is 12.6. The Morgan fingerprint density at radius 2 is 1.62 bits per heavy atom.